The summed E-state index contributed by atoms with van der Waals surface area (Å²) in [6.45, 7) is 3.12. The summed E-state index contributed by atoms with van der Waals surface area (Å²) in [5, 5.41) is 0. The third kappa shape index (κ3) is 3.02. The molecule has 0 radical (unpaired) electrons. The second-order valence-corrected chi connectivity index (χ2v) is 4.35. The maximum Gasteiger partial charge on any atom is 0.416 e. The fraction of sp³-hybridized carbons (Fsp3) is 0.385. The molecular formula is C13H14F3N. The molecule has 0 fully saturated rings. The molecule has 0 saturated carbocycles. The van der Waals surface area contributed by atoms with E-state index in [2.05, 4.69) is 0 Å². The Morgan fingerprint density at radius 1 is 1.24 bits per heavy atom. The second-order valence-electron chi connectivity index (χ2n) is 4.35. The SMILES string of the molecule is Cc1cc(CN2C=CCC2)cc(C(F)(F)F)c1. The van der Waals surface area contributed by atoms with Crippen molar-refractivity contribution >= 4 is 0 Å². The number of alkyl halides is 3. The van der Waals surface area contributed by atoms with E-state index < -0.39 is 11.7 Å². The highest BCUT2D eigenvalue weighted by atomic mass is 19.4. The van der Waals surface area contributed by atoms with Gasteiger partial charge in [0.2, 0.25) is 0 Å². The third-order valence-electron chi connectivity index (χ3n) is 2.75. The molecule has 0 aromatic heterocycles. The lowest BCUT2D eigenvalue weighted by Gasteiger charge is -2.17. The first-order valence-corrected chi connectivity index (χ1v) is 5.53. The van der Waals surface area contributed by atoms with Crippen molar-refractivity contribution in [1.29, 1.82) is 0 Å². The van der Waals surface area contributed by atoms with Gasteiger partial charge in [0.1, 0.15) is 0 Å². The lowest BCUT2D eigenvalue weighted by Crippen LogP contribution is -2.15. The van der Waals surface area contributed by atoms with Gasteiger partial charge >= 0.3 is 6.18 Å². The summed E-state index contributed by atoms with van der Waals surface area (Å²) in [6, 6.07) is 4.23. The van der Waals surface area contributed by atoms with Crippen LogP contribution in [0, 0.1) is 6.92 Å². The molecule has 1 nitrogen and oxygen atoms in total. The minimum Gasteiger partial charge on any atom is -0.373 e. The predicted molar refractivity (Wildman–Crippen MR) is 60.3 cm³/mol. The van der Waals surface area contributed by atoms with Gasteiger partial charge in [-0.3, -0.25) is 0 Å². The van der Waals surface area contributed by atoms with E-state index in [4.69, 9.17) is 0 Å². The maximum atomic E-state index is 12.6. The zero-order chi connectivity index (χ0) is 12.5. The monoisotopic (exact) mass is 241 g/mol. The third-order valence-corrected chi connectivity index (χ3v) is 2.75. The molecule has 1 aliphatic heterocycles. The Bertz CT molecular complexity index is 435. The molecule has 0 N–H and O–H groups in total. The van der Waals surface area contributed by atoms with Gasteiger partial charge in [-0.05, 0) is 37.2 Å². The first-order chi connectivity index (χ1) is 7.95. The Kier molecular flexibility index (Phi) is 3.13. The molecule has 0 atom stereocenters. The Balaban J connectivity index is 2.22. The molecular weight excluding hydrogens is 227 g/mol. The quantitative estimate of drug-likeness (QED) is 0.762. The molecule has 0 amide bonds. The first kappa shape index (κ1) is 12.0. The standard InChI is InChI=1S/C13H14F3N/c1-10-6-11(9-17-4-2-3-5-17)8-12(7-10)13(14,15)16/h2,4,6-8H,3,5,9H2,1H3. The fourth-order valence-electron chi connectivity index (χ4n) is 2.02. The van der Waals surface area contributed by atoms with E-state index in [9.17, 15) is 13.2 Å². The summed E-state index contributed by atoms with van der Waals surface area (Å²) in [4.78, 5) is 2.02. The zero-order valence-electron chi connectivity index (χ0n) is 9.59. The van der Waals surface area contributed by atoms with E-state index in [0.29, 0.717) is 17.7 Å². The zero-order valence-corrected chi connectivity index (χ0v) is 9.59. The average molecular weight is 241 g/mol. The highest BCUT2D eigenvalue weighted by Gasteiger charge is 2.30. The largest absolute Gasteiger partial charge is 0.416 e. The van der Waals surface area contributed by atoms with Crippen LogP contribution in [0.1, 0.15) is 23.1 Å². The molecule has 2 rings (SSSR count). The van der Waals surface area contributed by atoms with E-state index in [0.717, 1.165) is 13.0 Å². The molecule has 1 aromatic rings. The molecule has 0 bridgehead atoms. The summed E-state index contributed by atoms with van der Waals surface area (Å²) in [7, 11) is 0. The molecule has 1 aromatic carbocycles. The van der Waals surface area contributed by atoms with Gasteiger partial charge in [-0.2, -0.15) is 13.2 Å². The minimum atomic E-state index is -4.26. The highest BCUT2D eigenvalue weighted by molar-refractivity contribution is 5.31. The van der Waals surface area contributed by atoms with Crippen LogP contribution in [-0.2, 0) is 12.7 Å². The molecule has 4 heteroatoms. The van der Waals surface area contributed by atoms with E-state index in [1.807, 2.05) is 17.2 Å². The predicted octanol–water partition coefficient (Wildman–Crippen LogP) is 3.73. The summed E-state index contributed by atoms with van der Waals surface area (Å²) >= 11 is 0. The van der Waals surface area contributed by atoms with Crippen LogP contribution in [0.5, 0.6) is 0 Å². The van der Waals surface area contributed by atoms with Gasteiger partial charge in [-0.15, -0.1) is 0 Å². The number of benzene rings is 1. The molecule has 0 unspecified atom stereocenters. The van der Waals surface area contributed by atoms with E-state index in [1.54, 1.807) is 13.0 Å². The summed E-state index contributed by atoms with van der Waals surface area (Å²) in [5.74, 6) is 0. The Labute approximate surface area is 98.5 Å². The molecule has 0 spiro atoms. The summed E-state index contributed by atoms with van der Waals surface area (Å²) < 4.78 is 37.9. The van der Waals surface area contributed by atoms with Gasteiger partial charge in [0, 0.05) is 13.1 Å². The van der Waals surface area contributed by atoms with Crippen LogP contribution in [-0.4, -0.2) is 11.4 Å². The number of hydrogen-bond acceptors (Lipinski definition) is 1. The number of halogens is 3. The second kappa shape index (κ2) is 4.43. The van der Waals surface area contributed by atoms with Crippen molar-refractivity contribution in [2.24, 2.45) is 0 Å². The lowest BCUT2D eigenvalue weighted by atomic mass is 10.1. The average Bonchev–Trinajstić information content (AvgIpc) is 2.68. The van der Waals surface area contributed by atoms with E-state index >= 15 is 0 Å². The van der Waals surface area contributed by atoms with Crippen molar-refractivity contribution in [3.63, 3.8) is 0 Å². The number of aryl methyl sites for hydroxylation is 1. The van der Waals surface area contributed by atoms with Crippen molar-refractivity contribution in [2.75, 3.05) is 6.54 Å². The molecule has 17 heavy (non-hydrogen) atoms. The van der Waals surface area contributed by atoms with Crippen molar-refractivity contribution in [3.05, 3.63) is 47.2 Å². The van der Waals surface area contributed by atoms with Gasteiger partial charge < -0.3 is 4.90 Å². The highest BCUT2D eigenvalue weighted by Crippen LogP contribution is 2.31. The van der Waals surface area contributed by atoms with Crippen LogP contribution < -0.4 is 0 Å². The van der Waals surface area contributed by atoms with Crippen LogP contribution in [0.2, 0.25) is 0 Å². The van der Waals surface area contributed by atoms with Crippen LogP contribution in [0.15, 0.2) is 30.5 Å². The maximum absolute atomic E-state index is 12.6. The van der Waals surface area contributed by atoms with Gasteiger partial charge in [0.25, 0.3) is 0 Å². The Hall–Kier alpha value is -1.45. The Morgan fingerprint density at radius 2 is 2.00 bits per heavy atom. The number of rotatable bonds is 2. The number of nitrogens with zero attached hydrogens (tertiary/aromatic N) is 1. The molecule has 0 saturated heterocycles. The van der Waals surface area contributed by atoms with Crippen molar-refractivity contribution < 1.29 is 13.2 Å². The fourth-order valence-corrected chi connectivity index (χ4v) is 2.02. The van der Waals surface area contributed by atoms with E-state index in [1.165, 1.54) is 12.1 Å². The van der Waals surface area contributed by atoms with Crippen LogP contribution in [0.25, 0.3) is 0 Å². The Morgan fingerprint density at radius 3 is 2.59 bits per heavy atom. The minimum absolute atomic E-state index is 0.543. The topological polar surface area (TPSA) is 3.24 Å². The van der Waals surface area contributed by atoms with Gasteiger partial charge in [-0.1, -0.05) is 17.7 Å². The van der Waals surface area contributed by atoms with Crippen LogP contribution in [0.4, 0.5) is 13.2 Å². The van der Waals surface area contributed by atoms with Crippen molar-refractivity contribution in [3.8, 4) is 0 Å². The molecule has 92 valence electrons. The molecule has 1 heterocycles. The van der Waals surface area contributed by atoms with Gasteiger partial charge in [-0.25, -0.2) is 0 Å². The molecule has 0 aliphatic carbocycles. The van der Waals surface area contributed by atoms with Crippen LogP contribution in [0.3, 0.4) is 0 Å². The van der Waals surface area contributed by atoms with Gasteiger partial charge in [0.05, 0.1) is 5.56 Å². The van der Waals surface area contributed by atoms with Crippen molar-refractivity contribution in [2.45, 2.75) is 26.1 Å². The normalized spacial score (nSPS) is 15.6. The van der Waals surface area contributed by atoms with Crippen LogP contribution >= 0.6 is 0 Å². The van der Waals surface area contributed by atoms with Gasteiger partial charge in [0.15, 0.2) is 0 Å². The first-order valence-electron chi connectivity index (χ1n) is 5.53. The lowest BCUT2D eigenvalue weighted by molar-refractivity contribution is -0.137. The molecule has 1 aliphatic rings. The number of hydrogen-bond donors (Lipinski definition) is 0. The summed E-state index contributed by atoms with van der Waals surface area (Å²) in [6.07, 6.45) is 0.676. The van der Waals surface area contributed by atoms with Crippen molar-refractivity contribution in [1.82, 2.24) is 4.90 Å². The summed E-state index contributed by atoms with van der Waals surface area (Å²) in [5.41, 5.74) is 0.803. The van der Waals surface area contributed by atoms with E-state index in [-0.39, 0.29) is 0 Å². The smallest absolute Gasteiger partial charge is 0.373 e.